The number of methoxy groups -OCH3 is 2. The van der Waals surface area contributed by atoms with Crippen molar-refractivity contribution in [3.63, 3.8) is 0 Å². The Balaban J connectivity index is 1.44. The van der Waals surface area contributed by atoms with Crippen molar-refractivity contribution in [2.24, 2.45) is 0 Å². The molecule has 11 nitrogen and oxygen atoms in total. The summed E-state index contributed by atoms with van der Waals surface area (Å²) in [6.45, 7) is 2.90. The number of carbonyl (C=O) groups excluding carboxylic acids is 2. The molecule has 12 heteroatoms. The van der Waals surface area contributed by atoms with Crippen LogP contribution in [-0.2, 0) is 0 Å². The Labute approximate surface area is 232 Å². The van der Waals surface area contributed by atoms with Crippen LogP contribution in [0.25, 0.3) is 16.9 Å². The van der Waals surface area contributed by atoms with Crippen molar-refractivity contribution in [2.45, 2.75) is 13.8 Å². The Kier molecular flexibility index (Phi) is 7.21. The molecule has 0 spiro atoms. The van der Waals surface area contributed by atoms with E-state index in [9.17, 15) is 14.4 Å². The Morgan fingerprint density at radius 1 is 1.00 bits per heavy atom. The van der Waals surface area contributed by atoms with Crippen molar-refractivity contribution in [3.05, 3.63) is 94.0 Å². The van der Waals surface area contributed by atoms with Crippen molar-refractivity contribution in [1.29, 1.82) is 0 Å². The van der Waals surface area contributed by atoms with Gasteiger partial charge in [0.2, 0.25) is 5.88 Å². The minimum atomic E-state index is -0.837. The molecule has 5 aromatic rings. The molecule has 208 valence electrons. The molecule has 0 unspecified atom stereocenters. The van der Waals surface area contributed by atoms with E-state index < -0.39 is 17.3 Å². The Bertz CT molecular complexity index is 1870. The largest absolute Gasteiger partial charge is 0.491 e. The van der Waals surface area contributed by atoms with E-state index in [1.54, 1.807) is 19.1 Å². The first-order valence-corrected chi connectivity index (χ1v) is 12.2. The van der Waals surface area contributed by atoms with Crippen LogP contribution in [0.3, 0.4) is 0 Å². The van der Waals surface area contributed by atoms with E-state index in [1.807, 2.05) is 0 Å². The van der Waals surface area contributed by atoms with E-state index in [2.05, 4.69) is 15.3 Å². The molecule has 1 amide bonds. The van der Waals surface area contributed by atoms with Crippen LogP contribution in [-0.4, -0.2) is 40.4 Å². The lowest BCUT2D eigenvalue weighted by Gasteiger charge is -2.14. The number of furan rings is 1. The average Bonchev–Trinajstić information content (AvgIpc) is 3.48. The fraction of sp³-hybridized carbons (Fsp3) is 0.138. The number of anilines is 1. The number of ketones is 1. The van der Waals surface area contributed by atoms with Gasteiger partial charge in [0.15, 0.2) is 28.8 Å². The highest BCUT2D eigenvalue weighted by Gasteiger charge is 2.22. The number of benzene rings is 1. The lowest BCUT2D eigenvalue weighted by Crippen LogP contribution is -2.31. The molecule has 0 aliphatic carbocycles. The Hall–Kier alpha value is -5.52. The second kappa shape index (κ2) is 10.9. The molecular formula is C29H23FN4O7. The van der Waals surface area contributed by atoms with Gasteiger partial charge in [0.05, 0.1) is 26.0 Å². The number of fused-ring (bicyclic) bond motifs is 1. The van der Waals surface area contributed by atoms with Gasteiger partial charge < -0.3 is 23.9 Å². The molecule has 0 atom stereocenters. The summed E-state index contributed by atoms with van der Waals surface area (Å²) in [5, 5.41) is 2.50. The third kappa shape index (κ3) is 5.10. The zero-order valence-electron chi connectivity index (χ0n) is 22.4. The van der Waals surface area contributed by atoms with Crippen molar-refractivity contribution < 1.29 is 32.6 Å². The normalized spacial score (nSPS) is 10.9. The van der Waals surface area contributed by atoms with Gasteiger partial charge >= 0.3 is 0 Å². The number of ether oxygens (including phenoxy) is 3. The van der Waals surface area contributed by atoms with Crippen molar-refractivity contribution in [2.75, 3.05) is 19.5 Å². The second-order valence-corrected chi connectivity index (χ2v) is 8.78. The van der Waals surface area contributed by atoms with E-state index >= 15 is 4.39 Å². The SMILES string of the molecule is COc1cc2nccc(Oc3ccc(NC(=O)c4cc(C(C)=O)c(C)n(-c5ccco5)c4=O)cc3F)c2nc1OC. The van der Waals surface area contributed by atoms with Gasteiger partial charge in [0, 0.05) is 47.4 Å². The zero-order valence-corrected chi connectivity index (χ0v) is 22.4. The summed E-state index contributed by atoms with van der Waals surface area (Å²) < 4.78 is 37.9. The maximum absolute atomic E-state index is 15.1. The fourth-order valence-electron chi connectivity index (χ4n) is 4.25. The second-order valence-electron chi connectivity index (χ2n) is 8.78. The van der Waals surface area contributed by atoms with Crippen molar-refractivity contribution >= 4 is 28.4 Å². The lowest BCUT2D eigenvalue weighted by molar-refractivity contribution is 0.101. The number of carbonyl (C=O) groups is 2. The molecule has 4 heterocycles. The minimum absolute atomic E-state index is 0.0536. The van der Waals surface area contributed by atoms with Gasteiger partial charge in [0.25, 0.3) is 17.3 Å². The average molecular weight is 559 g/mol. The zero-order chi connectivity index (χ0) is 29.3. The summed E-state index contributed by atoms with van der Waals surface area (Å²) in [5.41, 5.74) is 0.256. The molecule has 5 rings (SSSR count). The molecular weight excluding hydrogens is 535 g/mol. The highest BCUT2D eigenvalue weighted by atomic mass is 19.1. The lowest BCUT2D eigenvalue weighted by atomic mass is 10.1. The summed E-state index contributed by atoms with van der Waals surface area (Å²) in [7, 11) is 2.90. The first-order valence-electron chi connectivity index (χ1n) is 12.2. The van der Waals surface area contributed by atoms with Crippen LogP contribution in [0.1, 0.15) is 33.3 Å². The number of pyridine rings is 3. The molecule has 0 fully saturated rings. The van der Waals surface area contributed by atoms with Crippen LogP contribution in [0.2, 0.25) is 0 Å². The van der Waals surface area contributed by atoms with E-state index in [1.165, 1.54) is 63.9 Å². The van der Waals surface area contributed by atoms with E-state index in [4.69, 9.17) is 18.6 Å². The monoisotopic (exact) mass is 558 g/mol. The maximum Gasteiger partial charge on any atom is 0.270 e. The molecule has 4 aromatic heterocycles. The van der Waals surface area contributed by atoms with Crippen molar-refractivity contribution in [1.82, 2.24) is 14.5 Å². The van der Waals surface area contributed by atoms with Crippen molar-refractivity contribution in [3.8, 4) is 29.0 Å². The predicted molar refractivity (Wildman–Crippen MR) is 146 cm³/mol. The Morgan fingerprint density at radius 2 is 1.80 bits per heavy atom. The van der Waals surface area contributed by atoms with Gasteiger partial charge in [-0.1, -0.05) is 0 Å². The van der Waals surface area contributed by atoms with E-state index in [-0.39, 0.29) is 45.9 Å². The summed E-state index contributed by atoms with van der Waals surface area (Å²) in [6, 6.07) is 11.2. The first-order chi connectivity index (χ1) is 19.7. The van der Waals surface area contributed by atoms with Crippen LogP contribution >= 0.6 is 0 Å². The molecule has 41 heavy (non-hydrogen) atoms. The molecule has 0 bridgehead atoms. The molecule has 0 aliphatic heterocycles. The standard InChI is InChI=1S/C29H23FN4O7/c1-15-18(16(2)35)13-19(29(37)34(15)25-6-5-11-40-25)27(36)32-17-7-8-22(20(30)12-17)41-23-9-10-31-21-14-24(38-3)28(39-4)33-26(21)23/h5-14H,1-4H3,(H,32,36). The van der Waals surface area contributed by atoms with Crippen LogP contribution in [0.5, 0.6) is 23.1 Å². The number of nitrogens with one attached hydrogen (secondary N) is 1. The third-order valence-electron chi connectivity index (χ3n) is 6.23. The summed E-state index contributed by atoms with van der Waals surface area (Å²) in [5.74, 6) is -1.21. The number of amides is 1. The van der Waals surface area contributed by atoms with Crippen LogP contribution < -0.4 is 25.1 Å². The predicted octanol–water partition coefficient (Wildman–Crippen LogP) is 5.09. The van der Waals surface area contributed by atoms with E-state index in [0.29, 0.717) is 22.5 Å². The van der Waals surface area contributed by atoms with Gasteiger partial charge in [-0.15, -0.1) is 0 Å². The molecule has 0 radical (unpaired) electrons. The molecule has 1 aromatic carbocycles. The molecule has 0 saturated heterocycles. The summed E-state index contributed by atoms with van der Waals surface area (Å²) in [6.07, 6.45) is 2.84. The van der Waals surface area contributed by atoms with Crippen LogP contribution in [0, 0.1) is 12.7 Å². The number of nitrogens with zero attached hydrogens (tertiary/aromatic N) is 3. The van der Waals surface area contributed by atoms with Gasteiger partial charge in [-0.25, -0.2) is 13.9 Å². The quantitative estimate of drug-likeness (QED) is 0.259. The number of halogens is 1. The van der Waals surface area contributed by atoms with Gasteiger partial charge in [0.1, 0.15) is 11.1 Å². The number of Topliss-reactive ketones (excluding diaryl/α,β-unsaturated/α-hetero) is 1. The van der Waals surface area contributed by atoms with Gasteiger partial charge in [-0.2, -0.15) is 0 Å². The third-order valence-corrected chi connectivity index (χ3v) is 6.23. The minimum Gasteiger partial charge on any atom is -0.491 e. The summed E-state index contributed by atoms with van der Waals surface area (Å²) in [4.78, 5) is 47.2. The number of hydrogen-bond donors (Lipinski definition) is 1. The van der Waals surface area contributed by atoms with Gasteiger partial charge in [-0.3, -0.25) is 19.4 Å². The molecule has 1 N–H and O–H groups in total. The highest BCUT2D eigenvalue weighted by Crippen LogP contribution is 2.35. The maximum atomic E-state index is 15.1. The number of rotatable bonds is 8. The number of hydrogen-bond acceptors (Lipinski definition) is 9. The smallest absolute Gasteiger partial charge is 0.270 e. The Morgan fingerprint density at radius 3 is 2.46 bits per heavy atom. The summed E-state index contributed by atoms with van der Waals surface area (Å²) >= 11 is 0. The number of aromatic nitrogens is 3. The first kappa shape index (κ1) is 27.1. The van der Waals surface area contributed by atoms with Crippen LogP contribution in [0.15, 0.2) is 70.2 Å². The molecule has 0 saturated carbocycles. The molecule has 0 aliphatic rings. The highest BCUT2D eigenvalue weighted by molar-refractivity contribution is 6.06. The fourth-order valence-corrected chi connectivity index (χ4v) is 4.25. The van der Waals surface area contributed by atoms with Gasteiger partial charge in [-0.05, 0) is 38.1 Å². The topological polar surface area (TPSA) is 135 Å². The van der Waals surface area contributed by atoms with E-state index in [0.717, 1.165) is 10.6 Å². The van der Waals surface area contributed by atoms with Crippen LogP contribution in [0.4, 0.5) is 10.1 Å².